The summed E-state index contributed by atoms with van der Waals surface area (Å²) >= 11 is 0. The van der Waals surface area contributed by atoms with E-state index in [0.717, 1.165) is 16.8 Å². The van der Waals surface area contributed by atoms with Crippen LogP contribution in [0.15, 0.2) is 42.6 Å². The lowest BCUT2D eigenvalue weighted by atomic mass is 9.96. The Balaban J connectivity index is 2.20. The molecule has 1 N–H and O–H groups in total. The van der Waals surface area contributed by atoms with Crippen LogP contribution in [-0.4, -0.2) is 10.1 Å². The van der Waals surface area contributed by atoms with Gasteiger partial charge < -0.3 is 5.11 Å². The Hall–Kier alpha value is -1.67. The third-order valence-corrected chi connectivity index (χ3v) is 3.13. The van der Waals surface area contributed by atoms with Crippen LogP contribution in [0.5, 0.6) is 0 Å². The zero-order valence-corrected chi connectivity index (χ0v) is 10.2. The molecule has 0 bridgehead atoms. The molecule has 1 aromatic carbocycles. The molecule has 0 aliphatic heterocycles. The number of hydrogen-bond donors (Lipinski definition) is 1. The predicted molar refractivity (Wildman–Crippen MR) is 68.8 cm³/mol. The van der Waals surface area contributed by atoms with Crippen molar-refractivity contribution in [2.75, 3.05) is 0 Å². The van der Waals surface area contributed by atoms with Crippen LogP contribution in [-0.2, 0) is 6.42 Å². The molecule has 0 aliphatic carbocycles. The Morgan fingerprint density at radius 2 is 1.94 bits per heavy atom. The topological polar surface area (TPSA) is 33.1 Å². The summed E-state index contributed by atoms with van der Waals surface area (Å²) in [6, 6.07) is 11.8. The quantitative estimate of drug-likeness (QED) is 0.874. The first kappa shape index (κ1) is 11.8. The third kappa shape index (κ3) is 2.71. The van der Waals surface area contributed by atoms with Gasteiger partial charge in [0.1, 0.15) is 0 Å². The molecule has 0 aliphatic rings. The Kier molecular flexibility index (Phi) is 3.55. The largest absolute Gasteiger partial charge is 0.388 e. The molecule has 0 fully saturated rings. The first-order chi connectivity index (χ1) is 8.18. The van der Waals surface area contributed by atoms with Crippen LogP contribution in [0.3, 0.4) is 0 Å². The minimum absolute atomic E-state index is 0.482. The summed E-state index contributed by atoms with van der Waals surface area (Å²) in [7, 11) is 0. The number of aliphatic hydroxyl groups is 1. The fraction of sp³-hybridized carbons (Fsp3) is 0.267. The Bertz CT molecular complexity index is 494. The molecule has 0 saturated carbocycles. The molecule has 1 unspecified atom stereocenters. The molecule has 2 heteroatoms. The van der Waals surface area contributed by atoms with E-state index in [1.54, 1.807) is 6.20 Å². The maximum absolute atomic E-state index is 10.2. The molecular formula is C15H17NO. The van der Waals surface area contributed by atoms with Gasteiger partial charge in [-0.2, -0.15) is 0 Å². The van der Waals surface area contributed by atoms with Crippen molar-refractivity contribution in [3.05, 3.63) is 65.0 Å². The first-order valence-corrected chi connectivity index (χ1v) is 5.82. The normalized spacial score (nSPS) is 12.4. The third-order valence-electron chi connectivity index (χ3n) is 3.13. The molecular weight excluding hydrogens is 210 g/mol. The average Bonchev–Trinajstić information content (AvgIpc) is 2.34. The second kappa shape index (κ2) is 5.11. The smallest absolute Gasteiger partial charge is 0.0848 e. The second-order valence-corrected chi connectivity index (χ2v) is 4.33. The van der Waals surface area contributed by atoms with E-state index in [-0.39, 0.29) is 0 Å². The van der Waals surface area contributed by atoms with Crippen molar-refractivity contribution in [1.29, 1.82) is 0 Å². The van der Waals surface area contributed by atoms with Gasteiger partial charge in [-0.3, -0.25) is 4.98 Å². The molecule has 2 nitrogen and oxygen atoms in total. The van der Waals surface area contributed by atoms with Crippen molar-refractivity contribution >= 4 is 0 Å². The van der Waals surface area contributed by atoms with E-state index < -0.39 is 6.10 Å². The molecule has 2 aromatic rings. The van der Waals surface area contributed by atoms with E-state index in [1.165, 1.54) is 5.56 Å². The van der Waals surface area contributed by atoms with Crippen LogP contribution in [0.1, 0.15) is 28.5 Å². The Morgan fingerprint density at radius 3 is 2.65 bits per heavy atom. The van der Waals surface area contributed by atoms with Gasteiger partial charge in [0.25, 0.3) is 0 Å². The molecule has 0 spiro atoms. The van der Waals surface area contributed by atoms with E-state index >= 15 is 0 Å². The van der Waals surface area contributed by atoms with Gasteiger partial charge in [0.05, 0.1) is 6.10 Å². The van der Waals surface area contributed by atoms with Crippen molar-refractivity contribution in [2.45, 2.75) is 26.4 Å². The highest BCUT2D eigenvalue weighted by atomic mass is 16.3. The number of aromatic nitrogens is 1. The summed E-state index contributed by atoms with van der Waals surface area (Å²) < 4.78 is 0. The monoisotopic (exact) mass is 227 g/mol. The van der Waals surface area contributed by atoms with Crippen LogP contribution >= 0.6 is 0 Å². The fourth-order valence-electron chi connectivity index (χ4n) is 1.96. The first-order valence-electron chi connectivity index (χ1n) is 5.82. The highest BCUT2D eigenvalue weighted by molar-refractivity contribution is 5.35. The highest BCUT2D eigenvalue weighted by Gasteiger charge is 2.12. The molecule has 1 aromatic heterocycles. The molecule has 17 heavy (non-hydrogen) atoms. The molecule has 0 amide bonds. The lowest BCUT2D eigenvalue weighted by molar-refractivity contribution is 0.176. The van der Waals surface area contributed by atoms with Gasteiger partial charge in [-0.15, -0.1) is 0 Å². The minimum Gasteiger partial charge on any atom is -0.388 e. The van der Waals surface area contributed by atoms with E-state index in [1.807, 2.05) is 37.3 Å². The number of benzene rings is 1. The number of pyridine rings is 1. The van der Waals surface area contributed by atoms with Crippen molar-refractivity contribution in [2.24, 2.45) is 0 Å². The summed E-state index contributed by atoms with van der Waals surface area (Å²) in [5, 5.41) is 10.2. The zero-order valence-electron chi connectivity index (χ0n) is 10.2. The van der Waals surface area contributed by atoms with Gasteiger partial charge in [0.2, 0.25) is 0 Å². The van der Waals surface area contributed by atoms with Crippen LogP contribution in [0.25, 0.3) is 0 Å². The maximum Gasteiger partial charge on any atom is 0.0848 e. The summed E-state index contributed by atoms with van der Waals surface area (Å²) in [6.45, 7) is 4.11. The highest BCUT2D eigenvalue weighted by Crippen LogP contribution is 2.22. The number of aryl methyl sites for hydroxylation is 1. The standard InChI is InChI=1S/C15H17NO/c1-11-6-5-8-14(12(11)2)15(17)10-13-7-3-4-9-16-13/h3-9,15,17H,10H2,1-2H3. The molecule has 1 heterocycles. The van der Waals surface area contributed by atoms with Gasteiger partial charge in [-0.05, 0) is 42.7 Å². The van der Waals surface area contributed by atoms with Gasteiger partial charge in [-0.25, -0.2) is 0 Å². The number of nitrogens with zero attached hydrogens (tertiary/aromatic N) is 1. The van der Waals surface area contributed by atoms with Crippen LogP contribution in [0.2, 0.25) is 0 Å². The van der Waals surface area contributed by atoms with Crippen LogP contribution in [0, 0.1) is 13.8 Å². The molecule has 0 saturated heterocycles. The van der Waals surface area contributed by atoms with Gasteiger partial charge in [0, 0.05) is 18.3 Å². The van der Waals surface area contributed by atoms with Gasteiger partial charge in [0.15, 0.2) is 0 Å². The van der Waals surface area contributed by atoms with Crippen LogP contribution in [0.4, 0.5) is 0 Å². The summed E-state index contributed by atoms with van der Waals surface area (Å²) in [5.74, 6) is 0. The van der Waals surface area contributed by atoms with E-state index in [2.05, 4.69) is 18.0 Å². The molecule has 2 rings (SSSR count). The number of aliphatic hydroxyl groups excluding tert-OH is 1. The van der Waals surface area contributed by atoms with Crippen molar-refractivity contribution < 1.29 is 5.11 Å². The van der Waals surface area contributed by atoms with Gasteiger partial charge >= 0.3 is 0 Å². The van der Waals surface area contributed by atoms with E-state index in [0.29, 0.717) is 6.42 Å². The van der Waals surface area contributed by atoms with Crippen molar-refractivity contribution in [1.82, 2.24) is 4.98 Å². The van der Waals surface area contributed by atoms with E-state index in [9.17, 15) is 5.11 Å². The Morgan fingerprint density at radius 1 is 1.12 bits per heavy atom. The van der Waals surface area contributed by atoms with Crippen molar-refractivity contribution in [3.8, 4) is 0 Å². The SMILES string of the molecule is Cc1cccc(C(O)Cc2ccccn2)c1C. The molecule has 1 atom stereocenters. The lowest BCUT2D eigenvalue weighted by Crippen LogP contribution is -2.05. The van der Waals surface area contributed by atoms with Crippen molar-refractivity contribution in [3.63, 3.8) is 0 Å². The maximum atomic E-state index is 10.2. The van der Waals surface area contributed by atoms with E-state index in [4.69, 9.17) is 0 Å². The lowest BCUT2D eigenvalue weighted by Gasteiger charge is -2.14. The molecule has 88 valence electrons. The average molecular weight is 227 g/mol. The second-order valence-electron chi connectivity index (χ2n) is 4.33. The summed E-state index contributed by atoms with van der Waals surface area (Å²) in [4.78, 5) is 4.24. The Labute approximate surface area is 102 Å². The predicted octanol–water partition coefficient (Wildman–Crippen LogP) is 2.97. The summed E-state index contributed by atoms with van der Waals surface area (Å²) in [6.07, 6.45) is 1.83. The fourth-order valence-corrected chi connectivity index (χ4v) is 1.96. The summed E-state index contributed by atoms with van der Waals surface area (Å²) in [5.41, 5.74) is 4.29. The van der Waals surface area contributed by atoms with Crippen LogP contribution < -0.4 is 0 Å². The number of hydrogen-bond acceptors (Lipinski definition) is 2. The zero-order chi connectivity index (χ0) is 12.3. The molecule has 0 radical (unpaired) electrons. The van der Waals surface area contributed by atoms with Gasteiger partial charge in [-0.1, -0.05) is 24.3 Å². The minimum atomic E-state index is -0.482. The number of rotatable bonds is 3.